The molecule has 0 saturated carbocycles. The van der Waals surface area contributed by atoms with Crippen LogP contribution < -0.4 is 9.47 Å². The molecule has 2 heterocycles. The summed E-state index contributed by atoms with van der Waals surface area (Å²) in [4.78, 5) is 0. The molecule has 1 aliphatic heterocycles. The van der Waals surface area contributed by atoms with Crippen molar-refractivity contribution in [2.75, 3.05) is 26.5 Å². The molecular formula is C17H22N2O4S. The lowest BCUT2D eigenvalue weighted by atomic mass is 10.0. The van der Waals surface area contributed by atoms with Gasteiger partial charge in [-0.3, -0.25) is 0 Å². The maximum absolute atomic E-state index is 12.7. The quantitative estimate of drug-likeness (QED) is 0.830. The van der Waals surface area contributed by atoms with Gasteiger partial charge in [0.05, 0.1) is 26.0 Å². The molecule has 24 heavy (non-hydrogen) atoms. The van der Waals surface area contributed by atoms with Gasteiger partial charge in [-0.15, -0.1) is 0 Å². The summed E-state index contributed by atoms with van der Waals surface area (Å²) in [6, 6.07) is 8.95. The lowest BCUT2D eigenvalue weighted by Crippen LogP contribution is -2.43. The fraction of sp³-hybridized carbons (Fsp3) is 0.412. The van der Waals surface area contributed by atoms with Gasteiger partial charge in [0.15, 0.2) is 0 Å². The normalized spacial score (nSPS) is 18.2. The van der Waals surface area contributed by atoms with E-state index < -0.39 is 16.1 Å². The van der Waals surface area contributed by atoms with Crippen molar-refractivity contribution in [1.29, 1.82) is 0 Å². The van der Waals surface area contributed by atoms with E-state index in [9.17, 15) is 8.42 Å². The maximum Gasteiger partial charge on any atom is 0.214 e. The molecule has 1 atom stereocenters. The SMILES string of the molecule is CCS(=O)(=O)N1CCn2cccc2C1c1cc(OC)ccc1OC. The molecule has 1 aromatic heterocycles. The first-order valence-electron chi connectivity index (χ1n) is 7.88. The Kier molecular flexibility index (Phi) is 4.56. The molecule has 130 valence electrons. The van der Waals surface area contributed by atoms with Gasteiger partial charge in [0.25, 0.3) is 0 Å². The second kappa shape index (κ2) is 6.49. The zero-order valence-electron chi connectivity index (χ0n) is 14.1. The Morgan fingerprint density at radius 1 is 1.17 bits per heavy atom. The summed E-state index contributed by atoms with van der Waals surface area (Å²) < 4.78 is 39.8. The lowest BCUT2D eigenvalue weighted by Gasteiger charge is -2.36. The third-order valence-electron chi connectivity index (χ3n) is 4.45. The second-order valence-corrected chi connectivity index (χ2v) is 7.86. The van der Waals surface area contributed by atoms with Gasteiger partial charge in [-0.25, -0.2) is 8.42 Å². The molecule has 7 heteroatoms. The summed E-state index contributed by atoms with van der Waals surface area (Å²) in [5.74, 6) is 1.38. The molecular weight excluding hydrogens is 328 g/mol. The molecule has 0 amide bonds. The van der Waals surface area contributed by atoms with E-state index in [1.807, 2.05) is 36.5 Å². The standard InChI is InChI=1S/C17H22N2O4S/c1-4-24(20,21)19-11-10-18-9-5-6-15(18)17(19)14-12-13(22-2)7-8-16(14)23-3/h5-9,12,17H,4,10-11H2,1-3H3. The van der Waals surface area contributed by atoms with Crippen LogP contribution in [0.1, 0.15) is 24.2 Å². The second-order valence-electron chi connectivity index (χ2n) is 5.65. The Balaban J connectivity index is 2.21. The van der Waals surface area contributed by atoms with E-state index in [0.29, 0.717) is 24.6 Å². The van der Waals surface area contributed by atoms with Crippen LogP contribution >= 0.6 is 0 Å². The van der Waals surface area contributed by atoms with Crippen molar-refractivity contribution in [2.24, 2.45) is 0 Å². The largest absolute Gasteiger partial charge is 0.497 e. The van der Waals surface area contributed by atoms with E-state index in [4.69, 9.17) is 9.47 Å². The molecule has 3 rings (SSSR count). The number of hydrogen-bond acceptors (Lipinski definition) is 4. The Morgan fingerprint density at radius 3 is 2.62 bits per heavy atom. The molecule has 1 unspecified atom stereocenters. The highest BCUT2D eigenvalue weighted by atomic mass is 32.2. The monoisotopic (exact) mass is 350 g/mol. The molecule has 6 nitrogen and oxygen atoms in total. The van der Waals surface area contributed by atoms with Gasteiger partial charge in [-0.1, -0.05) is 0 Å². The van der Waals surface area contributed by atoms with Crippen LogP contribution in [0.3, 0.4) is 0 Å². The molecule has 0 aliphatic carbocycles. The van der Waals surface area contributed by atoms with E-state index >= 15 is 0 Å². The minimum absolute atomic E-state index is 0.0660. The molecule has 1 aromatic carbocycles. The average molecular weight is 350 g/mol. The first-order valence-corrected chi connectivity index (χ1v) is 9.49. The highest BCUT2D eigenvalue weighted by Gasteiger charge is 2.37. The van der Waals surface area contributed by atoms with Crippen molar-refractivity contribution in [3.63, 3.8) is 0 Å². The average Bonchev–Trinajstić information content (AvgIpc) is 3.08. The van der Waals surface area contributed by atoms with Crippen LogP contribution in [0.5, 0.6) is 11.5 Å². The van der Waals surface area contributed by atoms with Crippen LogP contribution in [0, 0.1) is 0 Å². The number of hydrogen-bond donors (Lipinski definition) is 0. The molecule has 0 bridgehead atoms. The van der Waals surface area contributed by atoms with E-state index in [-0.39, 0.29) is 5.75 Å². The van der Waals surface area contributed by atoms with Gasteiger partial charge in [0.1, 0.15) is 11.5 Å². The van der Waals surface area contributed by atoms with Gasteiger partial charge in [-0.2, -0.15) is 4.31 Å². The smallest absolute Gasteiger partial charge is 0.214 e. The zero-order chi connectivity index (χ0) is 17.3. The fourth-order valence-electron chi connectivity index (χ4n) is 3.20. The van der Waals surface area contributed by atoms with E-state index in [0.717, 1.165) is 11.3 Å². The van der Waals surface area contributed by atoms with Crippen LogP contribution in [-0.4, -0.2) is 43.8 Å². The number of ether oxygens (including phenoxy) is 2. The molecule has 0 fully saturated rings. The first kappa shape index (κ1) is 16.9. The number of methoxy groups -OCH3 is 2. The van der Waals surface area contributed by atoms with Gasteiger partial charge in [0.2, 0.25) is 10.0 Å². The molecule has 0 radical (unpaired) electrons. The van der Waals surface area contributed by atoms with Crippen LogP contribution in [-0.2, 0) is 16.6 Å². The van der Waals surface area contributed by atoms with Gasteiger partial charge in [0, 0.05) is 30.5 Å². The Labute approximate surface area is 142 Å². The predicted octanol–water partition coefficient (Wildman–Crippen LogP) is 2.26. The van der Waals surface area contributed by atoms with Crippen LogP contribution in [0.25, 0.3) is 0 Å². The highest BCUT2D eigenvalue weighted by molar-refractivity contribution is 7.89. The molecule has 0 saturated heterocycles. The Morgan fingerprint density at radius 2 is 1.96 bits per heavy atom. The molecule has 0 spiro atoms. The summed E-state index contributed by atoms with van der Waals surface area (Å²) in [7, 11) is -0.178. The summed E-state index contributed by atoms with van der Waals surface area (Å²) in [6.45, 7) is 2.75. The van der Waals surface area contributed by atoms with E-state index in [1.165, 1.54) is 0 Å². The van der Waals surface area contributed by atoms with E-state index in [1.54, 1.807) is 25.4 Å². The van der Waals surface area contributed by atoms with Crippen LogP contribution in [0.15, 0.2) is 36.5 Å². The first-order chi connectivity index (χ1) is 11.5. The summed E-state index contributed by atoms with van der Waals surface area (Å²) in [5.41, 5.74) is 1.72. The van der Waals surface area contributed by atoms with E-state index in [2.05, 4.69) is 4.57 Å². The van der Waals surface area contributed by atoms with Crippen LogP contribution in [0.2, 0.25) is 0 Å². The molecule has 1 aliphatic rings. The minimum atomic E-state index is -3.36. The topological polar surface area (TPSA) is 60.8 Å². The van der Waals surface area contributed by atoms with Crippen molar-refractivity contribution >= 4 is 10.0 Å². The van der Waals surface area contributed by atoms with Crippen molar-refractivity contribution in [2.45, 2.75) is 19.5 Å². The van der Waals surface area contributed by atoms with Crippen molar-refractivity contribution in [3.8, 4) is 11.5 Å². The number of fused-ring (bicyclic) bond motifs is 1. The van der Waals surface area contributed by atoms with Crippen molar-refractivity contribution in [1.82, 2.24) is 8.87 Å². The predicted molar refractivity (Wildman–Crippen MR) is 92.0 cm³/mol. The lowest BCUT2D eigenvalue weighted by molar-refractivity contribution is 0.290. The van der Waals surface area contributed by atoms with Gasteiger partial charge < -0.3 is 14.0 Å². The summed E-state index contributed by atoms with van der Waals surface area (Å²) >= 11 is 0. The Hall–Kier alpha value is -1.99. The molecule has 0 N–H and O–H groups in total. The third-order valence-corrected chi connectivity index (χ3v) is 6.29. The van der Waals surface area contributed by atoms with Crippen LogP contribution in [0.4, 0.5) is 0 Å². The van der Waals surface area contributed by atoms with Crippen molar-refractivity contribution in [3.05, 3.63) is 47.8 Å². The minimum Gasteiger partial charge on any atom is -0.497 e. The number of sulfonamides is 1. The Bertz CT molecular complexity index is 829. The van der Waals surface area contributed by atoms with Crippen molar-refractivity contribution < 1.29 is 17.9 Å². The zero-order valence-corrected chi connectivity index (χ0v) is 14.9. The summed E-state index contributed by atoms with van der Waals surface area (Å²) in [5, 5.41) is 0. The number of benzene rings is 1. The van der Waals surface area contributed by atoms with Gasteiger partial charge >= 0.3 is 0 Å². The number of nitrogens with zero attached hydrogens (tertiary/aromatic N) is 2. The fourth-order valence-corrected chi connectivity index (χ4v) is 4.43. The maximum atomic E-state index is 12.7. The molecule has 2 aromatic rings. The third kappa shape index (κ3) is 2.78. The number of aromatic nitrogens is 1. The highest BCUT2D eigenvalue weighted by Crippen LogP contribution is 2.40. The number of rotatable bonds is 5. The van der Waals surface area contributed by atoms with Gasteiger partial charge in [-0.05, 0) is 37.3 Å². The summed E-state index contributed by atoms with van der Waals surface area (Å²) in [6.07, 6.45) is 1.98.